The van der Waals surface area contributed by atoms with E-state index in [9.17, 15) is 0 Å². The molecule has 1 aliphatic heterocycles. The van der Waals surface area contributed by atoms with Gasteiger partial charge in [0.2, 0.25) is 0 Å². The van der Waals surface area contributed by atoms with Gasteiger partial charge in [-0.25, -0.2) is 0 Å². The lowest BCUT2D eigenvalue weighted by atomic mass is 9.85. The van der Waals surface area contributed by atoms with E-state index in [-0.39, 0.29) is 5.54 Å². The summed E-state index contributed by atoms with van der Waals surface area (Å²) < 4.78 is 0. The highest BCUT2D eigenvalue weighted by Gasteiger charge is 2.39. The molecule has 0 aromatic rings. The number of likely N-dealkylation sites (tertiary alicyclic amines) is 1. The molecule has 1 heterocycles. The van der Waals surface area contributed by atoms with Crippen molar-refractivity contribution in [3.05, 3.63) is 0 Å². The van der Waals surface area contributed by atoms with E-state index in [0.717, 1.165) is 24.3 Å². The summed E-state index contributed by atoms with van der Waals surface area (Å²) in [7, 11) is 0. The van der Waals surface area contributed by atoms with E-state index in [0.29, 0.717) is 0 Å². The van der Waals surface area contributed by atoms with E-state index in [1.165, 1.54) is 38.8 Å². The van der Waals surface area contributed by atoms with Crippen LogP contribution in [0.5, 0.6) is 0 Å². The SMILES string of the molecule is CC1CC(C)CN(C(C)(CN)CC2CC2)C1. The molecule has 94 valence electrons. The van der Waals surface area contributed by atoms with Crippen LogP contribution in [0.1, 0.15) is 46.5 Å². The van der Waals surface area contributed by atoms with Crippen LogP contribution in [-0.4, -0.2) is 30.1 Å². The Bertz CT molecular complexity index is 227. The maximum absolute atomic E-state index is 6.06. The van der Waals surface area contributed by atoms with E-state index in [2.05, 4.69) is 25.7 Å². The lowest BCUT2D eigenvalue weighted by molar-refractivity contribution is 0.0311. The third-order valence-electron chi connectivity index (χ3n) is 4.50. The summed E-state index contributed by atoms with van der Waals surface area (Å²) in [6.07, 6.45) is 5.59. The lowest BCUT2D eigenvalue weighted by Crippen LogP contribution is -2.56. The third kappa shape index (κ3) is 2.78. The van der Waals surface area contributed by atoms with Gasteiger partial charge in [-0.2, -0.15) is 0 Å². The van der Waals surface area contributed by atoms with Gasteiger partial charge in [0.1, 0.15) is 0 Å². The smallest absolute Gasteiger partial charge is 0.0306 e. The third-order valence-corrected chi connectivity index (χ3v) is 4.50. The van der Waals surface area contributed by atoms with Crippen molar-refractivity contribution in [3.63, 3.8) is 0 Å². The van der Waals surface area contributed by atoms with E-state index in [1.807, 2.05) is 0 Å². The van der Waals surface area contributed by atoms with E-state index >= 15 is 0 Å². The van der Waals surface area contributed by atoms with Crippen molar-refractivity contribution in [1.82, 2.24) is 4.90 Å². The minimum atomic E-state index is 0.268. The summed E-state index contributed by atoms with van der Waals surface area (Å²) in [6.45, 7) is 10.5. The number of rotatable bonds is 4. The maximum Gasteiger partial charge on any atom is 0.0306 e. The maximum atomic E-state index is 6.06. The molecular weight excluding hydrogens is 196 g/mol. The molecule has 2 aliphatic rings. The summed E-state index contributed by atoms with van der Waals surface area (Å²) in [4.78, 5) is 2.68. The number of hydrogen-bond donors (Lipinski definition) is 1. The van der Waals surface area contributed by atoms with Crippen LogP contribution in [0.2, 0.25) is 0 Å². The molecule has 2 heteroatoms. The van der Waals surface area contributed by atoms with Crippen molar-refractivity contribution < 1.29 is 0 Å². The van der Waals surface area contributed by atoms with E-state index < -0.39 is 0 Å². The van der Waals surface area contributed by atoms with Crippen molar-refractivity contribution in [2.24, 2.45) is 23.5 Å². The van der Waals surface area contributed by atoms with Crippen LogP contribution in [0, 0.1) is 17.8 Å². The minimum Gasteiger partial charge on any atom is -0.329 e. The Labute approximate surface area is 101 Å². The van der Waals surface area contributed by atoms with Crippen molar-refractivity contribution in [1.29, 1.82) is 0 Å². The van der Waals surface area contributed by atoms with Gasteiger partial charge in [0.15, 0.2) is 0 Å². The molecule has 2 N–H and O–H groups in total. The molecule has 2 fully saturated rings. The first-order valence-corrected chi connectivity index (χ1v) is 6.98. The molecule has 2 rings (SSSR count). The topological polar surface area (TPSA) is 29.3 Å². The highest BCUT2D eigenvalue weighted by Crippen LogP contribution is 2.40. The fraction of sp³-hybridized carbons (Fsp3) is 1.00. The molecule has 0 spiro atoms. The summed E-state index contributed by atoms with van der Waals surface area (Å²) in [5.74, 6) is 2.66. The Morgan fingerprint density at radius 1 is 1.19 bits per heavy atom. The number of piperidine rings is 1. The van der Waals surface area contributed by atoms with Crippen molar-refractivity contribution in [3.8, 4) is 0 Å². The van der Waals surface area contributed by atoms with Gasteiger partial charge < -0.3 is 5.73 Å². The number of hydrogen-bond acceptors (Lipinski definition) is 2. The van der Waals surface area contributed by atoms with Gasteiger partial charge in [-0.15, -0.1) is 0 Å². The Kier molecular flexibility index (Phi) is 3.60. The summed E-state index contributed by atoms with van der Waals surface area (Å²) in [5.41, 5.74) is 6.33. The van der Waals surface area contributed by atoms with Gasteiger partial charge in [0.05, 0.1) is 0 Å². The van der Waals surface area contributed by atoms with E-state index in [1.54, 1.807) is 0 Å². The molecule has 0 radical (unpaired) electrons. The fourth-order valence-electron chi connectivity index (χ4n) is 3.39. The fourth-order valence-corrected chi connectivity index (χ4v) is 3.39. The zero-order chi connectivity index (χ0) is 11.8. The Morgan fingerprint density at radius 3 is 2.19 bits per heavy atom. The van der Waals surface area contributed by atoms with Crippen LogP contribution in [0.4, 0.5) is 0 Å². The minimum absolute atomic E-state index is 0.268. The molecule has 2 nitrogen and oxygen atoms in total. The molecule has 0 bridgehead atoms. The summed E-state index contributed by atoms with van der Waals surface area (Å²) in [5, 5.41) is 0. The summed E-state index contributed by atoms with van der Waals surface area (Å²) in [6, 6.07) is 0. The second kappa shape index (κ2) is 4.66. The van der Waals surface area contributed by atoms with Gasteiger partial charge >= 0.3 is 0 Å². The van der Waals surface area contributed by atoms with Crippen LogP contribution in [0.25, 0.3) is 0 Å². The van der Waals surface area contributed by atoms with Crippen molar-refractivity contribution in [2.75, 3.05) is 19.6 Å². The molecule has 0 aromatic heterocycles. The Hall–Kier alpha value is -0.0800. The predicted octanol–water partition coefficient (Wildman–Crippen LogP) is 2.48. The quantitative estimate of drug-likeness (QED) is 0.795. The van der Waals surface area contributed by atoms with Crippen LogP contribution < -0.4 is 5.73 Å². The zero-order valence-corrected chi connectivity index (χ0v) is 11.2. The molecule has 3 atom stereocenters. The first-order chi connectivity index (χ1) is 7.53. The van der Waals surface area contributed by atoms with Crippen molar-refractivity contribution in [2.45, 2.75) is 52.0 Å². The van der Waals surface area contributed by atoms with Crippen LogP contribution in [0.15, 0.2) is 0 Å². The van der Waals surface area contributed by atoms with Gasteiger partial charge in [-0.3, -0.25) is 4.90 Å². The van der Waals surface area contributed by atoms with Crippen LogP contribution in [-0.2, 0) is 0 Å². The lowest BCUT2D eigenvalue weighted by Gasteiger charge is -2.47. The normalized spacial score (nSPS) is 36.0. The van der Waals surface area contributed by atoms with E-state index in [4.69, 9.17) is 5.73 Å². The second-order valence-corrected chi connectivity index (χ2v) is 6.70. The summed E-state index contributed by atoms with van der Waals surface area (Å²) >= 11 is 0. The monoisotopic (exact) mass is 224 g/mol. The van der Waals surface area contributed by atoms with Crippen LogP contribution in [0.3, 0.4) is 0 Å². The highest BCUT2D eigenvalue weighted by molar-refractivity contribution is 4.95. The first kappa shape index (κ1) is 12.4. The molecule has 1 saturated heterocycles. The second-order valence-electron chi connectivity index (χ2n) is 6.70. The molecule has 16 heavy (non-hydrogen) atoms. The predicted molar refractivity (Wildman–Crippen MR) is 69.3 cm³/mol. The first-order valence-electron chi connectivity index (χ1n) is 6.98. The van der Waals surface area contributed by atoms with Gasteiger partial charge in [0.25, 0.3) is 0 Å². The molecule has 3 unspecified atom stereocenters. The van der Waals surface area contributed by atoms with Crippen LogP contribution >= 0.6 is 0 Å². The van der Waals surface area contributed by atoms with Gasteiger partial charge in [0, 0.05) is 25.2 Å². The highest BCUT2D eigenvalue weighted by atomic mass is 15.2. The Balaban J connectivity index is 2.00. The molecule has 1 saturated carbocycles. The Morgan fingerprint density at radius 2 is 1.75 bits per heavy atom. The van der Waals surface area contributed by atoms with Crippen molar-refractivity contribution >= 4 is 0 Å². The average molecular weight is 224 g/mol. The number of nitrogens with zero attached hydrogens (tertiary/aromatic N) is 1. The molecule has 0 amide bonds. The average Bonchev–Trinajstić information content (AvgIpc) is 3.00. The standard InChI is InChI=1S/C14H28N2/c1-11-6-12(2)9-16(8-11)14(3,10-15)7-13-4-5-13/h11-13H,4-10,15H2,1-3H3. The molecule has 0 aromatic carbocycles. The largest absolute Gasteiger partial charge is 0.329 e. The van der Waals surface area contributed by atoms with Gasteiger partial charge in [-0.05, 0) is 37.5 Å². The zero-order valence-electron chi connectivity index (χ0n) is 11.2. The molecule has 1 aliphatic carbocycles. The number of nitrogens with two attached hydrogens (primary N) is 1. The van der Waals surface area contributed by atoms with Gasteiger partial charge in [-0.1, -0.05) is 26.7 Å². The molecular formula is C14H28N2.